The third-order valence-corrected chi connectivity index (χ3v) is 5.57. The molecule has 0 amide bonds. The van der Waals surface area contributed by atoms with Gasteiger partial charge < -0.3 is 4.74 Å². The number of halogens is 1. The average Bonchev–Trinajstić information content (AvgIpc) is 2.54. The van der Waals surface area contributed by atoms with Crippen molar-refractivity contribution in [3.63, 3.8) is 0 Å². The first-order valence-corrected chi connectivity index (χ1v) is 9.06. The Kier molecular flexibility index (Phi) is 4.28. The molecule has 5 heteroatoms. The topological polar surface area (TPSA) is 43.4 Å². The van der Waals surface area contributed by atoms with Crippen molar-refractivity contribution in [1.29, 1.82) is 0 Å². The van der Waals surface area contributed by atoms with Crippen LogP contribution in [0.5, 0.6) is 5.75 Å². The van der Waals surface area contributed by atoms with Gasteiger partial charge in [0.25, 0.3) is 0 Å². The van der Waals surface area contributed by atoms with Crippen molar-refractivity contribution in [2.24, 2.45) is 0 Å². The maximum Gasteiger partial charge on any atom is 0.182 e. The smallest absolute Gasteiger partial charge is 0.182 e. The molecule has 0 radical (unpaired) electrons. The second-order valence-electron chi connectivity index (χ2n) is 5.26. The van der Waals surface area contributed by atoms with Crippen LogP contribution >= 0.6 is 11.6 Å². The van der Waals surface area contributed by atoms with Gasteiger partial charge >= 0.3 is 0 Å². The summed E-state index contributed by atoms with van der Waals surface area (Å²) in [5, 5.41) is 2.40. The zero-order valence-corrected chi connectivity index (χ0v) is 14.1. The average molecular weight is 347 g/mol. The summed E-state index contributed by atoms with van der Waals surface area (Å²) in [6, 6.07) is 17.5. The van der Waals surface area contributed by atoms with Crippen molar-refractivity contribution < 1.29 is 13.2 Å². The molecule has 0 saturated heterocycles. The van der Waals surface area contributed by atoms with Gasteiger partial charge in [0.15, 0.2) is 9.84 Å². The summed E-state index contributed by atoms with van der Waals surface area (Å²) in [6.45, 7) is 0. The summed E-state index contributed by atoms with van der Waals surface area (Å²) in [4.78, 5) is 0.308. The highest BCUT2D eigenvalue weighted by molar-refractivity contribution is 7.90. The van der Waals surface area contributed by atoms with E-state index in [9.17, 15) is 8.42 Å². The second-order valence-corrected chi connectivity index (χ2v) is 7.69. The Morgan fingerprint density at radius 3 is 2.26 bits per heavy atom. The molecule has 118 valence electrons. The number of methoxy groups -OCH3 is 1. The fraction of sp³-hybridized carbons (Fsp3) is 0.111. The minimum absolute atomic E-state index is 0.0455. The van der Waals surface area contributed by atoms with E-state index in [1.807, 2.05) is 12.1 Å². The first-order valence-electron chi connectivity index (χ1n) is 7.03. The van der Waals surface area contributed by atoms with Gasteiger partial charge in [0.1, 0.15) is 5.75 Å². The normalized spacial score (nSPS) is 11.6. The number of hydrogen-bond acceptors (Lipinski definition) is 3. The number of benzene rings is 3. The van der Waals surface area contributed by atoms with Crippen molar-refractivity contribution in [2.75, 3.05) is 7.11 Å². The first-order chi connectivity index (χ1) is 11.0. The Labute approximate surface area is 140 Å². The van der Waals surface area contributed by atoms with Crippen molar-refractivity contribution in [3.05, 3.63) is 71.2 Å². The van der Waals surface area contributed by atoms with Crippen LogP contribution in [0, 0.1) is 0 Å². The highest BCUT2D eigenvalue weighted by Gasteiger charge is 2.16. The molecule has 0 atom stereocenters. The second kappa shape index (κ2) is 6.22. The maximum absolute atomic E-state index is 12.6. The predicted octanol–water partition coefficient (Wildman–Crippen LogP) is 4.48. The van der Waals surface area contributed by atoms with E-state index >= 15 is 0 Å². The van der Waals surface area contributed by atoms with Gasteiger partial charge in [-0.1, -0.05) is 35.9 Å². The maximum atomic E-state index is 12.6. The Morgan fingerprint density at radius 2 is 1.57 bits per heavy atom. The Hall–Kier alpha value is -2.04. The van der Waals surface area contributed by atoms with E-state index in [1.54, 1.807) is 55.6 Å². The molecule has 3 rings (SSSR count). The molecule has 0 saturated carbocycles. The predicted molar refractivity (Wildman–Crippen MR) is 92.8 cm³/mol. The number of sulfone groups is 1. The van der Waals surface area contributed by atoms with Crippen molar-refractivity contribution >= 4 is 32.2 Å². The van der Waals surface area contributed by atoms with Gasteiger partial charge in [-0.3, -0.25) is 0 Å². The highest BCUT2D eigenvalue weighted by Crippen LogP contribution is 2.25. The third kappa shape index (κ3) is 3.49. The highest BCUT2D eigenvalue weighted by atomic mass is 35.5. The van der Waals surface area contributed by atoms with E-state index in [1.165, 1.54) is 0 Å². The van der Waals surface area contributed by atoms with Crippen molar-refractivity contribution in [1.82, 2.24) is 0 Å². The lowest BCUT2D eigenvalue weighted by Gasteiger charge is -2.07. The molecule has 0 fully saturated rings. The first kappa shape index (κ1) is 15.8. The van der Waals surface area contributed by atoms with E-state index in [0.717, 1.165) is 16.3 Å². The molecule has 3 aromatic carbocycles. The standard InChI is InChI=1S/C18H15ClO3S/c1-22-17-7-2-13(3-8-17)12-23(20,21)18-9-5-14-10-16(19)6-4-15(14)11-18/h2-11H,12H2,1H3. The molecule has 0 spiro atoms. The van der Waals surface area contributed by atoms with Gasteiger partial charge in [-0.15, -0.1) is 0 Å². The van der Waals surface area contributed by atoms with Crippen molar-refractivity contribution in [3.8, 4) is 5.75 Å². The molecule has 0 aromatic heterocycles. The van der Waals surface area contributed by atoms with Crippen LogP contribution in [-0.4, -0.2) is 15.5 Å². The summed E-state index contributed by atoms with van der Waals surface area (Å²) < 4.78 is 30.3. The molecule has 0 bridgehead atoms. The minimum Gasteiger partial charge on any atom is -0.497 e. The molecule has 0 heterocycles. The van der Waals surface area contributed by atoms with Gasteiger partial charge in [-0.2, -0.15) is 0 Å². The lowest BCUT2D eigenvalue weighted by molar-refractivity contribution is 0.414. The zero-order chi connectivity index (χ0) is 16.4. The molecule has 0 aliphatic rings. The molecule has 0 N–H and O–H groups in total. The summed E-state index contributed by atoms with van der Waals surface area (Å²) in [5.74, 6) is 0.657. The largest absolute Gasteiger partial charge is 0.497 e. The van der Waals surface area contributed by atoms with Gasteiger partial charge in [0, 0.05) is 5.02 Å². The van der Waals surface area contributed by atoms with Gasteiger partial charge in [0.2, 0.25) is 0 Å². The summed E-state index contributed by atoms with van der Waals surface area (Å²) >= 11 is 5.95. The lowest BCUT2D eigenvalue weighted by Crippen LogP contribution is -2.05. The Bertz CT molecular complexity index is 948. The fourth-order valence-electron chi connectivity index (χ4n) is 2.41. The van der Waals surface area contributed by atoms with Crippen molar-refractivity contribution in [2.45, 2.75) is 10.6 Å². The molecule has 23 heavy (non-hydrogen) atoms. The van der Waals surface area contributed by atoms with E-state index in [-0.39, 0.29) is 5.75 Å². The van der Waals surface area contributed by atoms with Crippen LogP contribution in [0.25, 0.3) is 10.8 Å². The minimum atomic E-state index is -3.41. The van der Waals surface area contributed by atoms with Crippen LogP contribution < -0.4 is 4.74 Å². The van der Waals surface area contributed by atoms with E-state index in [0.29, 0.717) is 15.7 Å². The number of fused-ring (bicyclic) bond motifs is 1. The van der Waals surface area contributed by atoms with E-state index < -0.39 is 9.84 Å². The zero-order valence-electron chi connectivity index (χ0n) is 12.5. The summed E-state index contributed by atoms with van der Waals surface area (Å²) in [5.41, 5.74) is 0.724. The van der Waals surface area contributed by atoms with E-state index in [4.69, 9.17) is 16.3 Å². The van der Waals surface area contributed by atoms with Gasteiger partial charge in [-0.05, 0) is 52.7 Å². The quantitative estimate of drug-likeness (QED) is 0.699. The molecule has 3 aromatic rings. The van der Waals surface area contributed by atoms with E-state index in [2.05, 4.69) is 0 Å². The summed E-state index contributed by atoms with van der Waals surface area (Å²) in [7, 11) is -1.83. The molecule has 3 nitrogen and oxygen atoms in total. The number of ether oxygens (including phenoxy) is 1. The van der Waals surface area contributed by atoms with Crippen LogP contribution in [0.1, 0.15) is 5.56 Å². The third-order valence-electron chi connectivity index (χ3n) is 3.65. The summed E-state index contributed by atoms with van der Waals surface area (Å²) in [6.07, 6.45) is 0. The molecular formula is C18H15ClO3S. The Balaban J connectivity index is 1.93. The van der Waals surface area contributed by atoms with Crippen LogP contribution in [0.15, 0.2) is 65.6 Å². The lowest BCUT2D eigenvalue weighted by atomic mass is 10.1. The van der Waals surface area contributed by atoms with Gasteiger partial charge in [0.05, 0.1) is 17.8 Å². The monoisotopic (exact) mass is 346 g/mol. The molecule has 0 aliphatic heterocycles. The van der Waals surface area contributed by atoms with Crippen LogP contribution in [0.4, 0.5) is 0 Å². The van der Waals surface area contributed by atoms with Crippen LogP contribution in [0.2, 0.25) is 5.02 Å². The van der Waals surface area contributed by atoms with Gasteiger partial charge in [-0.25, -0.2) is 8.42 Å². The number of rotatable bonds is 4. The number of hydrogen-bond donors (Lipinski definition) is 0. The fourth-order valence-corrected chi connectivity index (χ4v) is 3.97. The Morgan fingerprint density at radius 1 is 0.913 bits per heavy atom. The molecule has 0 unspecified atom stereocenters. The van der Waals surface area contributed by atoms with Crippen LogP contribution in [0.3, 0.4) is 0 Å². The molecule has 0 aliphatic carbocycles. The SMILES string of the molecule is COc1ccc(CS(=O)(=O)c2ccc3cc(Cl)ccc3c2)cc1. The molecular weight excluding hydrogens is 332 g/mol. The van der Waals surface area contributed by atoms with Crippen LogP contribution in [-0.2, 0) is 15.6 Å².